The number of hydrogen-bond acceptors (Lipinski definition) is 6. The summed E-state index contributed by atoms with van der Waals surface area (Å²) in [4.78, 5) is 7.28. The van der Waals surface area contributed by atoms with Crippen molar-refractivity contribution in [1.29, 1.82) is 0 Å². The maximum atomic E-state index is 6.68. The first-order valence-electron chi connectivity index (χ1n) is 52.3. The quantitative estimate of drug-likeness (QED) is 0.108. The molecule has 150 heavy (non-hydrogen) atoms. The van der Waals surface area contributed by atoms with Crippen LogP contribution < -0.4 is 14.7 Å². The number of para-hydroxylation sites is 3. The lowest BCUT2D eigenvalue weighted by atomic mass is 9.74. The van der Waals surface area contributed by atoms with Gasteiger partial charge in [-0.1, -0.05) is 410 Å². The smallest absolute Gasteiger partial charge is 0.143 e. The lowest BCUT2D eigenvalue weighted by molar-refractivity contribution is 0.660. The van der Waals surface area contributed by atoms with Crippen molar-refractivity contribution < 1.29 is 4.42 Å². The molecule has 714 valence electrons. The van der Waals surface area contributed by atoms with Crippen molar-refractivity contribution in [3.05, 3.63) is 582 Å². The zero-order chi connectivity index (χ0) is 100. The van der Waals surface area contributed by atoms with E-state index in [4.69, 9.17) is 4.42 Å². The third kappa shape index (κ3) is 14.0. The van der Waals surface area contributed by atoms with Crippen molar-refractivity contribution >= 4 is 136 Å². The second kappa shape index (κ2) is 35.1. The van der Waals surface area contributed by atoms with Crippen molar-refractivity contribution in [3.63, 3.8) is 0 Å². The molecule has 5 aliphatic carbocycles. The molecule has 3 heterocycles. The number of anilines is 9. The molecule has 3 unspecified atom stereocenters. The number of nitrogens with zero attached hydrogens (tertiary/aromatic N) is 3. The summed E-state index contributed by atoms with van der Waals surface area (Å²) in [7, 11) is 0. The summed E-state index contributed by atoms with van der Waals surface area (Å²) in [6.45, 7) is 16.7. The fraction of sp³-hybridized carbons (Fsp3) is 0.0833. The molecule has 6 heteroatoms. The van der Waals surface area contributed by atoms with Crippen LogP contribution in [0, 0.1) is 0 Å². The Morgan fingerprint density at radius 3 is 0.847 bits per heavy atom. The van der Waals surface area contributed by atoms with Crippen LogP contribution in [-0.4, -0.2) is 0 Å². The maximum Gasteiger partial charge on any atom is 0.143 e. The van der Waals surface area contributed by atoms with E-state index in [-0.39, 0.29) is 27.1 Å². The Hall–Kier alpha value is -17.5. The number of thiophene rings is 2. The van der Waals surface area contributed by atoms with Gasteiger partial charge in [0.05, 0.1) is 0 Å². The molecule has 0 amide bonds. The van der Waals surface area contributed by atoms with Crippen molar-refractivity contribution in [3.8, 4) is 77.9 Å². The highest BCUT2D eigenvalue weighted by Crippen LogP contribution is 2.64. The van der Waals surface area contributed by atoms with Gasteiger partial charge in [0.1, 0.15) is 11.2 Å². The molecule has 0 N–H and O–H groups in total. The molecule has 5 aliphatic rings. The van der Waals surface area contributed by atoms with E-state index < -0.39 is 0 Å². The summed E-state index contributed by atoms with van der Waals surface area (Å²) < 4.78 is 12.1. The Morgan fingerprint density at radius 1 is 0.180 bits per heavy atom. The lowest BCUT2D eigenvalue weighted by Gasteiger charge is -2.31. The van der Waals surface area contributed by atoms with Gasteiger partial charge in [0.15, 0.2) is 0 Å². The standard InChI is InChI=1S/C53H39NS.C47H35NO.C44H31NS/c1-52(2)45-20-12-10-18-40(45)41-28-26-38(32-47(41)52)54(37-24-22-35(23-25-37)34-14-6-4-7-15-34)39-27-29-44-48(33-39)53(3,36-16-8-5-9-17-36)46-31-30-43-42-19-11-13-21-49(42)55-51(43)50(44)46;1-46(2)39-20-12-10-18-34(39)35-24-22-32(28-41(35)46)48(31-16-8-5-9-17-31)33-23-25-38-42(29-33)47(3,30-14-6-4-7-15-30)40-27-26-37-36-19-11-13-21-43(36)49-45(37)44(38)40;1-44(32-15-7-3-8-16-32)39-28-27-37-36-19-11-12-20-41(36)46-43(37)42(39)38-26-25-35(29-40(38)44)45(33-17-9-4-10-18-33)34-23-21-31(22-24-34)30-13-5-2-6-14-30/h4-33H,1-3H3;4-29H,1-3H3;2-29H,1H3. The van der Waals surface area contributed by atoms with Gasteiger partial charge in [0, 0.05) is 146 Å². The lowest BCUT2D eigenvalue weighted by Crippen LogP contribution is -2.23. The molecule has 0 radical (unpaired) electrons. The molecule has 0 spiro atoms. The van der Waals surface area contributed by atoms with Gasteiger partial charge in [-0.2, -0.15) is 0 Å². The Labute approximate surface area is 883 Å². The van der Waals surface area contributed by atoms with Gasteiger partial charge >= 0.3 is 0 Å². The van der Waals surface area contributed by atoms with Crippen LogP contribution in [0.15, 0.2) is 514 Å². The van der Waals surface area contributed by atoms with E-state index in [0.717, 1.165) is 73.1 Å². The molecule has 0 aliphatic heterocycles. The van der Waals surface area contributed by atoms with Crippen LogP contribution in [0.3, 0.4) is 0 Å². The third-order valence-electron chi connectivity index (χ3n) is 33.7. The molecule has 3 atom stereocenters. The first kappa shape index (κ1) is 90.0. The monoisotopic (exact) mass is 1960 g/mol. The van der Waals surface area contributed by atoms with E-state index in [1.165, 1.54) is 191 Å². The van der Waals surface area contributed by atoms with Gasteiger partial charge in [-0.05, 0) is 282 Å². The third-order valence-corrected chi connectivity index (χ3v) is 36.1. The topological polar surface area (TPSA) is 22.9 Å². The predicted octanol–water partition coefficient (Wildman–Crippen LogP) is 40.1. The minimum atomic E-state index is -0.376. The van der Waals surface area contributed by atoms with Crippen LogP contribution in [0.25, 0.3) is 140 Å². The number of fused-ring (bicyclic) bond motifs is 27. The second-order valence-corrected chi connectivity index (χ2v) is 44.5. The van der Waals surface area contributed by atoms with Crippen molar-refractivity contribution in [2.75, 3.05) is 14.7 Å². The molecule has 3 aromatic heterocycles. The maximum absolute atomic E-state index is 6.68. The van der Waals surface area contributed by atoms with Gasteiger partial charge in [-0.15, -0.1) is 22.7 Å². The average Bonchev–Trinajstić information content (AvgIpc) is 1.54. The number of rotatable bonds is 14. The highest BCUT2D eigenvalue weighted by atomic mass is 32.1. The molecule has 0 saturated carbocycles. The SMILES string of the molecule is CC1(C)c2ccccc2-c2ccc(N(c3ccc(-c4ccccc4)cc3)c3ccc4c(c3)C(C)(c3ccccc3)c3ccc5c(sc6ccccc65)c3-4)cc21.CC1(C)c2ccccc2-c2ccc(N(c3ccccc3)c3ccc4c(c3)C(C)(c3ccccc3)c3ccc5c(oc6ccccc65)c3-4)cc21.CC1(c2ccccc2)c2cc(N(c3ccccc3)c3ccc(-c4ccccc4)cc3)ccc2-c2c1ccc1c2sc2ccccc21. The predicted molar refractivity (Wildman–Crippen MR) is 635 cm³/mol. The van der Waals surface area contributed by atoms with Crippen LogP contribution in [0.2, 0.25) is 0 Å². The average molecular weight is 1960 g/mol. The molecular weight excluding hydrogens is 1850 g/mol. The summed E-state index contributed by atoms with van der Waals surface area (Å²) in [5.74, 6) is 0. The molecule has 25 aromatic rings. The highest BCUT2D eigenvalue weighted by Gasteiger charge is 2.48. The van der Waals surface area contributed by atoms with Gasteiger partial charge in [-0.3, -0.25) is 0 Å². The molecule has 0 fully saturated rings. The van der Waals surface area contributed by atoms with E-state index in [2.05, 4.69) is 573 Å². The van der Waals surface area contributed by atoms with Crippen LogP contribution in [-0.2, 0) is 27.1 Å². The summed E-state index contributed by atoms with van der Waals surface area (Å²) in [5.41, 5.74) is 46.4. The van der Waals surface area contributed by atoms with Gasteiger partial charge in [0.2, 0.25) is 0 Å². The summed E-state index contributed by atoms with van der Waals surface area (Å²) in [6.07, 6.45) is 0. The first-order chi connectivity index (χ1) is 73.5. The minimum absolute atomic E-state index is 0.0896. The van der Waals surface area contributed by atoms with Crippen LogP contribution in [0.5, 0.6) is 0 Å². The van der Waals surface area contributed by atoms with Gasteiger partial charge in [0.25, 0.3) is 0 Å². The van der Waals surface area contributed by atoms with Crippen LogP contribution in [0.4, 0.5) is 51.2 Å². The molecule has 0 bridgehead atoms. The van der Waals surface area contributed by atoms with Gasteiger partial charge < -0.3 is 19.1 Å². The molecule has 0 saturated heterocycles. The number of furan rings is 1. The summed E-state index contributed by atoms with van der Waals surface area (Å²) in [6, 6.07) is 187. The largest absolute Gasteiger partial charge is 0.455 e. The Bertz CT molecular complexity index is 9670. The Balaban J connectivity index is 0.000000109. The van der Waals surface area contributed by atoms with E-state index in [1.54, 1.807) is 0 Å². The van der Waals surface area contributed by atoms with E-state index in [9.17, 15) is 0 Å². The van der Waals surface area contributed by atoms with Gasteiger partial charge in [-0.25, -0.2) is 0 Å². The molecule has 22 aromatic carbocycles. The van der Waals surface area contributed by atoms with Crippen molar-refractivity contribution in [1.82, 2.24) is 0 Å². The fourth-order valence-corrected chi connectivity index (χ4v) is 28.6. The van der Waals surface area contributed by atoms with E-state index in [0.29, 0.717) is 0 Å². The zero-order valence-corrected chi connectivity index (χ0v) is 86.2. The summed E-state index contributed by atoms with van der Waals surface area (Å²) >= 11 is 3.85. The van der Waals surface area contributed by atoms with Crippen molar-refractivity contribution in [2.45, 2.75) is 75.5 Å². The Morgan fingerprint density at radius 2 is 0.453 bits per heavy atom. The highest BCUT2D eigenvalue weighted by molar-refractivity contribution is 7.26. The molecular formula is C144H105N3OS2. The van der Waals surface area contributed by atoms with Crippen LogP contribution in [0.1, 0.15) is 121 Å². The van der Waals surface area contributed by atoms with Crippen molar-refractivity contribution in [2.24, 2.45) is 0 Å². The second-order valence-electron chi connectivity index (χ2n) is 42.4. The zero-order valence-electron chi connectivity index (χ0n) is 84.6. The Kier molecular flexibility index (Phi) is 21.1. The fourth-order valence-electron chi connectivity index (χ4n) is 26.0. The molecule has 30 rings (SSSR count). The number of benzene rings is 22. The normalized spacial score (nSPS) is 16.0. The number of hydrogen-bond donors (Lipinski definition) is 0. The van der Waals surface area contributed by atoms with E-state index >= 15 is 0 Å². The molecule has 4 nitrogen and oxygen atoms in total. The first-order valence-corrected chi connectivity index (χ1v) is 53.9. The van der Waals surface area contributed by atoms with Crippen LogP contribution >= 0.6 is 22.7 Å². The summed E-state index contributed by atoms with van der Waals surface area (Å²) in [5, 5.41) is 7.68. The minimum Gasteiger partial charge on any atom is -0.455 e. The van der Waals surface area contributed by atoms with E-state index in [1.807, 2.05) is 22.7 Å².